The van der Waals surface area contributed by atoms with Crippen LogP contribution in [0.4, 0.5) is 0 Å². The number of H-pyrrole nitrogens is 1. The van der Waals surface area contributed by atoms with Gasteiger partial charge in [-0.2, -0.15) is 0 Å². The number of para-hydroxylation sites is 2. The third-order valence-electron chi connectivity index (χ3n) is 3.50. The van der Waals surface area contributed by atoms with E-state index in [0.29, 0.717) is 19.8 Å². The number of methoxy groups -OCH3 is 1. The normalized spacial score (nSPS) is 11.0. The fourth-order valence-electron chi connectivity index (χ4n) is 2.43. The maximum atomic E-state index is 5.79. The first-order chi connectivity index (χ1) is 10.8. The molecule has 0 aliphatic carbocycles. The number of nitrogens with zero attached hydrogens (tertiary/aromatic N) is 1. The van der Waals surface area contributed by atoms with Crippen molar-refractivity contribution in [3.63, 3.8) is 0 Å². The van der Waals surface area contributed by atoms with Crippen LogP contribution in [0.2, 0.25) is 0 Å². The number of benzene rings is 2. The number of fused-ring (bicyclic) bond motifs is 1. The fraction of sp³-hybridized carbons (Fsp3) is 0.235. The van der Waals surface area contributed by atoms with Crippen molar-refractivity contribution in [2.24, 2.45) is 0 Å². The Morgan fingerprint density at radius 3 is 2.64 bits per heavy atom. The van der Waals surface area contributed by atoms with Crippen LogP contribution in [-0.4, -0.2) is 23.3 Å². The first kappa shape index (κ1) is 14.8. The van der Waals surface area contributed by atoms with Crippen molar-refractivity contribution in [3.8, 4) is 5.75 Å². The van der Waals surface area contributed by atoms with E-state index in [2.05, 4.69) is 15.6 Å². The first-order valence-corrected chi connectivity index (χ1v) is 7.57. The second kappa shape index (κ2) is 6.77. The number of aromatic nitrogens is 2. The van der Waals surface area contributed by atoms with Gasteiger partial charge in [0, 0.05) is 7.11 Å². The Bertz CT molecular complexity index is 805. The van der Waals surface area contributed by atoms with Gasteiger partial charge in [0.05, 0.1) is 24.2 Å². The van der Waals surface area contributed by atoms with Crippen LogP contribution in [0.15, 0.2) is 48.5 Å². The molecule has 0 radical (unpaired) electrons. The topological polar surface area (TPSA) is 39.2 Å². The van der Waals surface area contributed by atoms with E-state index in [0.717, 1.165) is 27.1 Å². The zero-order valence-electron chi connectivity index (χ0n) is 12.4. The maximum Gasteiger partial charge on any atom is 0.178 e. The molecule has 0 spiro atoms. The number of ether oxygens (including phenoxy) is 2. The summed E-state index contributed by atoms with van der Waals surface area (Å²) in [5.74, 6) is 0.853. The molecule has 0 aliphatic heterocycles. The Morgan fingerprint density at radius 1 is 1.09 bits per heavy atom. The van der Waals surface area contributed by atoms with Gasteiger partial charge in [0.25, 0.3) is 0 Å². The number of rotatable bonds is 6. The van der Waals surface area contributed by atoms with Crippen LogP contribution in [0.25, 0.3) is 11.0 Å². The predicted molar refractivity (Wildman–Crippen MR) is 89.8 cm³/mol. The molecule has 22 heavy (non-hydrogen) atoms. The molecule has 4 nitrogen and oxygen atoms in total. The Kier molecular flexibility index (Phi) is 4.56. The summed E-state index contributed by atoms with van der Waals surface area (Å²) >= 11 is 5.37. The van der Waals surface area contributed by atoms with Gasteiger partial charge in [-0.3, -0.25) is 0 Å². The highest BCUT2D eigenvalue weighted by Gasteiger charge is 2.03. The van der Waals surface area contributed by atoms with E-state index in [4.69, 9.17) is 21.7 Å². The first-order valence-electron chi connectivity index (χ1n) is 7.16. The van der Waals surface area contributed by atoms with Crippen molar-refractivity contribution in [2.75, 3.05) is 13.7 Å². The van der Waals surface area contributed by atoms with Crippen molar-refractivity contribution in [1.29, 1.82) is 0 Å². The van der Waals surface area contributed by atoms with Crippen molar-refractivity contribution in [3.05, 3.63) is 58.9 Å². The molecular formula is C17H18N2O2S. The summed E-state index contributed by atoms with van der Waals surface area (Å²) in [5, 5.41) is 0. The molecule has 0 fully saturated rings. The third-order valence-corrected chi connectivity index (χ3v) is 3.82. The monoisotopic (exact) mass is 314 g/mol. The van der Waals surface area contributed by atoms with Crippen LogP contribution in [0.3, 0.4) is 0 Å². The zero-order valence-corrected chi connectivity index (χ0v) is 13.2. The lowest BCUT2D eigenvalue weighted by molar-refractivity contribution is 0.185. The SMILES string of the molecule is COCc1ccc(OCCn2c(=S)[nH]c3ccccc32)cc1. The lowest BCUT2D eigenvalue weighted by atomic mass is 10.2. The maximum absolute atomic E-state index is 5.79. The molecule has 3 aromatic rings. The minimum absolute atomic E-state index is 0.569. The molecule has 1 N–H and O–H groups in total. The molecule has 0 saturated carbocycles. The molecule has 2 aromatic carbocycles. The lowest BCUT2D eigenvalue weighted by Crippen LogP contribution is -2.08. The van der Waals surface area contributed by atoms with Crippen LogP contribution in [0.5, 0.6) is 5.75 Å². The minimum Gasteiger partial charge on any atom is -0.492 e. The molecular weight excluding hydrogens is 296 g/mol. The van der Waals surface area contributed by atoms with Crippen LogP contribution in [-0.2, 0) is 17.9 Å². The summed E-state index contributed by atoms with van der Waals surface area (Å²) in [6.45, 7) is 1.90. The summed E-state index contributed by atoms with van der Waals surface area (Å²) in [6.07, 6.45) is 0. The number of imidazole rings is 1. The van der Waals surface area contributed by atoms with Crippen molar-refractivity contribution < 1.29 is 9.47 Å². The van der Waals surface area contributed by atoms with Gasteiger partial charge in [0.1, 0.15) is 12.4 Å². The molecule has 0 unspecified atom stereocenters. The second-order valence-electron chi connectivity index (χ2n) is 5.02. The number of aromatic amines is 1. The Morgan fingerprint density at radius 2 is 1.86 bits per heavy atom. The largest absolute Gasteiger partial charge is 0.492 e. The lowest BCUT2D eigenvalue weighted by Gasteiger charge is -2.08. The molecule has 0 saturated heterocycles. The second-order valence-corrected chi connectivity index (χ2v) is 5.41. The highest BCUT2D eigenvalue weighted by atomic mass is 32.1. The van der Waals surface area contributed by atoms with Crippen molar-refractivity contribution >= 4 is 23.3 Å². The highest BCUT2D eigenvalue weighted by molar-refractivity contribution is 7.71. The van der Waals surface area contributed by atoms with E-state index in [1.54, 1.807) is 7.11 Å². The van der Waals surface area contributed by atoms with E-state index in [-0.39, 0.29) is 0 Å². The zero-order chi connectivity index (χ0) is 15.4. The van der Waals surface area contributed by atoms with E-state index in [9.17, 15) is 0 Å². The average molecular weight is 314 g/mol. The van der Waals surface area contributed by atoms with E-state index >= 15 is 0 Å². The van der Waals surface area contributed by atoms with Gasteiger partial charge < -0.3 is 19.0 Å². The van der Waals surface area contributed by atoms with Crippen molar-refractivity contribution in [1.82, 2.24) is 9.55 Å². The molecule has 0 bridgehead atoms. The van der Waals surface area contributed by atoms with Crippen LogP contribution in [0, 0.1) is 4.77 Å². The number of hydrogen-bond acceptors (Lipinski definition) is 3. The third kappa shape index (κ3) is 3.21. The highest BCUT2D eigenvalue weighted by Crippen LogP contribution is 2.15. The summed E-state index contributed by atoms with van der Waals surface area (Å²) < 4.78 is 13.7. The Balaban J connectivity index is 1.65. The smallest absolute Gasteiger partial charge is 0.178 e. The van der Waals surface area contributed by atoms with Gasteiger partial charge in [-0.05, 0) is 42.0 Å². The molecule has 5 heteroatoms. The quantitative estimate of drug-likeness (QED) is 0.701. The summed E-state index contributed by atoms with van der Waals surface area (Å²) in [5.41, 5.74) is 3.29. The number of nitrogens with one attached hydrogen (secondary N) is 1. The van der Waals surface area contributed by atoms with E-state index in [1.807, 2.05) is 42.5 Å². The minimum atomic E-state index is 0.569. The summed E-state index contributed by atoms with van der Waals surface area (Å²) in [4.78, 5) is 3.21. The van der Waals surface area contributed by atoms with Crippen molar-refractivity contribution in [2.45, 2.75) is 13.2 Å². The Hall–Kier alpha value is -2.11. The summed E-state index contributed by atoms with van der Waals surface area (Å²) in [7, 11) is 1.69. The molecule has 0 atom stereocenters. The molecule has 0 aliphatic rings. The van der Waals surface area contributed by atoms with E-state index < -0.39 is 0 Å². The molecule has 1 heterocycles. The van der Waals surface area contributed by atoms with Gasteiger partial charge in [-0.15, -0.1) is 0 Å². The predicted octanol–water partition coefficient (Wildman–Crippen LogP) is 3.92. The van der Waals surface area contributed by atoms with Crippen LogP contribution in [0.1, 0.15) is 5.56 Å². The van der Waals surface area contributed by atoms with Gasteiger partial charge >= 0.3 is 0 Å². The molecule has 1 aromatic heterocycles. The average Bonchev–Trinajstić information content (AvgIpc) is 2.85. The molecule has 0 amide bonds. The van der Waals surface area contributed by atoms with Gasteiger partial charge in [0.2, 0.25) is 0 Å². The van der Waals surface area contributed by atoms with Crippen LogP contribution < -0.4 is 4.74 Å². The molecule has 3 rings (SSSR count). The van der Waals surface area contributed by atoms with Gasteiger partial charge in [0.15, 0.2) is 4.77 Å². The summed E-state index contributed by atoms with van der Waals surface area (Å²) in [6, 6.07) is 16.0. The number of hydrogen-bond donors (Lipinski definition) is 1. The standard InChI is InChI=1S/C17H18N2O2S/c1-20-12-13-6-8-14(9-7-13)21-11-10-19-16-5-3-2-4-15(16)18-17(19)22/h2-9H,10-12H2,1H3,(H,18,22). The van der Waals surface area contributed by atoms with Gasteiger partial charge in [-0.25, -0.2) is 0 Å². The van der Waals surface area contributed by atoms with E-state index in [1.165, 1.54) is 0 Å². The Labute approximate surface area is 134 Å². The fourth-order valence-corrected chi connectivity index (χ4v) is 2.73. The molecule has 114 valence electrons. The van der Waals surface area contributed by atoms with Crippen LogP contribution >= 0.6 is 12.2 Å². The van der Waals surface area contributed by atoms with Gasteiger partial charge in [-0.1, -0.05) is 24.3 Å².